The van der Waals surface area contributed by atoms with Gasteiger partial charge in [-0.15, -0.1) is 10.2 Å². The van der Waals surface area contributed by atoms with E-state index in [9.17, 15) is 4.79 Å². The lowest BCUT2D eigenvalue weighted by atomic mass is 10.2. The average molecular weight is 495 g/mol. The van der Waals surface area contributed by atoms with E-state index in [4.69, 9.17) is 23.2 Å². The third kappa shape index (κ3) is 4.64. The molecule has 8 heteroatoms. The maximum absolute atomic E-state index is 13.0. The molecule has 5 nitrogen and oxygen atoms in total. The molecule has 1 aliphatic rings. The van der Waals surface area contributed by atoms with Crippen molar-refractivity contribution < 1.29 is 4.79 Å². The molecule has 0 spiro atoms. The van der Waals surface area contributed by atoms with Gasteiger partial charge in [0.2, 0.25) is 5.91 Å². The number of thioether (sulfide) groups is 1. The van der Waals surface area contributed by atoms with Crippen molar-refractivity contribution in [2.75, 3.05) is 17.2 Å². The molecule has 4 aromatic rings. The highest BCUT2D eigenvalue weighted by atomic mass is 35.5. The van der Waals surface area contributed by atoms with E-state index in [0.29, 0.717) is 34.1 Å². The monoisotopic (exact) mass is 494 g/mol. The Morgan fingerprint density at radius 3 is 2.58 bits per heavy atom. The van der Waals surface area contributed by atoms with Crippen LogP contribution in [0.25, 0.3) is 11.4 Å². The van der Waals surface area contributed by atoms with E-state index in [-0.39, 0.29) is 11.7 Å². The molecule has 0 aliphatic carbocycles. The van der Waals surface area contributed by atoms with Crippen molar-refractivity contribution in [1.29, 1.82) is 0 Å². The average Bonchev–Trinajstić information content (AvgIpc) is 3.43. The molecule has 0 fully saturated rings. The van der Waals surface area contributed by atoms with Gasteiger partial charge in [-0.1, -0.05) is 83.5 Å². The molecule has 0 atom stereocenters. The first-order chi connectivity index (χ1) is 16.1. The number of aromatic nitrogens is 3. The van der Waals surface area contributed by atoms with Crippen molar-refractivity contribution in [1.82, 2.24) is 14.8 Å². The van der Waals surface area contributed by atoms with Gasteiger partial charge in [0.1, 0.15) is 0 Å². The Bertz CT molecular complexity index is 1310. The van der Waals surface area contributed by atoms with Crippen LogP contribution in [0.2, 0.25) is 10.0 Å². The Hall–Kier alpha value is -2.80. The molecule has 2 heterocycles. The maximum atomic E-state index is 13.0. The van der Waals surface area contributed by atoms with Crippen LogP contribution in [0.4, 0.5) is 5.69 Å². The summed E-state index contributed by atoms with van der Waals surface area (Å²) in [4.78, 5) is 14.9. The molecular formula is C25H20Cl2N4OS. The summed E-state index contributed by atoms with van der Waals surface area (Å²) in [7, 11) is 0. The standard InChI is InChI=1S/C25H20Cl2N4OS/c26-19-10-11-20(21(27)14-19)24-28-29-25(31(24)15-17-6-2-1-3-7-17)33-16-23(32)30-13-12-18-8-4-5-9-22(18)30/h1-11,14H,12-13,15-16H2. The van der Waals surface area contributed by atoms with E-state index in [0.717, 1.165) is 23.2 Å². The number of fused-ring (bicyclic) bond motifs is 1. The summed E-state index contributed by atoms with van der Waals surface area (Å²) in [6, 6.07) is 23.5. The summed E-state index contributed by atoms with van der Waals surface area (Å²) < 4.78 is 2.00. The quantitative estimate of drug-likeness (QED) is 0.309. The van der Waals surface area contributed by atoms with Crippen molar-refractivity contribution in [3.8, 4) is 11.4 Å². The van der Waals surface area contributed by atoms with Crippen LogP contribution in [0.15, 0.2) is 78.0 Å². The highest BCUT2D eigenvalue weighted by molar-refractivity contribution is 7.99. The molecule has 0 N–H and O–H groups in total. The SMILES string of the molecule is O=C(CSc1nnc(-c2ccc(Cl)cc2Cl)n1Cc1ccccc1)N1CCc2ccccc21. The number of benzene rings is 3. The van der Waals surface area contributed by atoms with Crippen molar-refractivity contribution in [2.24, 2.45) is 0 Å². The van der Waals surface area contributed by atoms with E-state index >= 15 is 0 Å². The predicted molar refractivity (Wildman–Crippen MR) is 134 cm³/mol. The first-order valence-corrected chi connectivity index (χ1v) is 12.3. The normalized spacial score (nSPS) is 12.7. The lowest BCUT2D eigenvalue weighted by Gasteiger charge is -2.17. The van der Waals surface area contributed by atoms with Gasteiger partial charge in [0, 0.05) is 22.8 Å². The number of amides is 1. The van der Waals surface area contributed by atoms with Crippen molar-refractivity contribution in [3.63, 3.8) is 0 Å². The van der Waals surface area contributed by atoms with E-state index in [1.54, 1.807) is 12.1 Å². The highest BCUT2D eigenvalue weighted by Gasteiger charge is 2.25. The molecular weight excluding hydrogens is 475 g/mol. The lowest BCUT2D eigenvalue weighted by molar-refractivity contribution is -0.116. The zero-order valence-electron chi connectivity index (χ0n) is 17.6. The molecule has 1 aliphatic heterocycles. The molecule has 1 amide bonds. The summed E-state index contributed by atoms with van der Waals surface area (Å²) in [5.41, 5.74) is 4.06. The fourth-order valence-corrected chi connectivity index (χ4v) is 5.28. The van der Waals surface area contributed by atoms with Crippen molar-refractivity contribution >= 4 is 46.6 Å². The molecule has 0 saturated carbocycles. The van der Waals surface area contributed by atoms with E-state index < -0.39 is 0 Å². The molecule has 166 valence electrons. The Balaban J connectivity index is 1.42. The lowest BCUT2D eigenvalue weighted by Crippen LogP contribution is -2.30. The Morgan fingerprint density at radius 2 is 1.76 bits per heavy atom. The van der Waals surface area contributed by atoms with Crippen LogP contribution in [0.1, 0.15) is 11.1 Å². The van der Waals surface area contributed by atoms with Crippen molar-refractivity contribution in [2.45, 2.75) is 18.1 Å². The van der Waals surface area contributed by atoms with Crippen LogP contribution in [-0.4, -0.2) is 33.0 Å². The number of halogens is 2. The fraction of sp³-hybridized carbons (Fsp3) is 0.160. The van der Waals surface area contributed by atoms with E-state index in [1.165, 1.54) is 17.3 Å². The minimum atomic E-state index is 0.0605. The van der Waals surface area contributed by atoms with Crippen LogP contribution in [-0.2, 0) is 17.8 Å². The van der Waals surface area contributed by atoms with E-state index in [1.807, 2.05) is 64.1 Å². The molecule has 3 aromatic carbocycles. The second-order valence-corrected chi connectivity index (χ2v) is 9.50. The molecule has 0 bridgehead atoms. The molecule has 0 unspecified atom stereocenters. The molecule has 0 saturated heterocycles. The summed E-state index contributed by atoms with van der Waals surface area (Å²) in [6.07, 6.45) is 0.885. The highest BCUT2D eigenvalue weighted by Crippen LogP contribution is 2.33. The summed E-state index contributed by atoms with van der Waals surface area (Å²) in [6.45, 7) is 1.27. The van der Waals surface area contributed by atoms with Gasteiger partial charge in [-0.3, -0.25) is 9.36 Å². The first-order valence-electron chi connectivity index (χ1n) is 10.5. The Morgan fingerprint density at radius 1 is 0.970 bits per heavy atom. The Kier molecular flexibility index (Phi) is 6.40. The summed E-state index contributed by atoms with van der Waals surface area (Å²) in [5, 5.41) is 10.6. The third-order valence-electron chi connectivity index (χ3n) is 5.59. The smallest absolute Gasteiger partial charge is 0.237 e. The molecule has 0 radical (unpaired) electrons. The Labute approximate surface area is 206 Å². The fourth-order valence-electron chi connectivity index (χ4n) is 3.98. The van der Waals surface area contributed by atoms with Crippen molar-refractivity contribution in [3.05, 3.63) is 94.0 Å². The topological polar surface area (TPSA) is 51.0 Å². The number of hydrogen-bond donors (Lipinski definition) is 0. The zero-order chi connectivity index (χ0) is 22.8. The molecule has 5 rings (SSSR count). The van der Waals surface area contributed by atoms with Crippen LogP contribution < -0.4 is 4.90 Å². The van der Waals surface area contributed by atoms with Gasteiger partial charge < -0.3 is 4.90 Å². The number of rotatable bonds is 6. The number of nitrogens with zero attached hydrogens (tertiary/aromatic N) is 4. The van der Waals surface area contributed by atoms with Crippen LogP contribution in [0.5, 0.6) is 0 Å². The third-order valence-corrected chi connectivity index (χ3v) is 7.08. The predicted octanol–water partition coefficient (Wildman–Crippen LogP) is 5.98. The number of carbonyl (C=O) groups excluding carboxylic acids is 1. The maximum Gasteiger partial charge on any atom is 0.237 e. The second-order valence-electron chi connectivity index (χ2n) is 7.71. The van der Waals surface area contributed by atoms with Gasteiger partial charge in [0.05, 0.1) is 17.3 Å². The van der Waals surface area contributed by atoms with Crippen LogP contribution >= 0.6 is 35.0 Å². The second kappa shape index (κ2) is 9.59. The van der Waals surface area contributed by atoms with Crippen LogP contribution in [0.3, 0.4) is 0 Å². The zero-order valence-corrected chi connectivity index (χ0v) is 19.9. The van der Waals surface area contributed by atoms with Gasteiger partial charge in [0.15, 0.2) is 11.0 Å². The van der Waals surface area contributed by atoms with Gasteiger partial charge in [0.25, 0.3) is 0 Å². The van der Waals surface area contributed by atoms with E-state index in [2.05, 4.69) is 16.3 Å². The summed E-state index contributed by atoms with van der Waals surface area (Å²) >= 11 is 14.0. The number of carbonyl (C=O) groups is 1. The minimum absolute atomic E-state index is 0.0605. The largest absolute Gasteiger partial charge is 0.311 e. The van der Waals surface area contributed by atoms with Gasteiger partial charge >= 0.3 is 0 Å². The molecule has 33 heavy (non-hydrogen) atoms. The van der Waals surface area contributed by atoms with Gasteiger partial charge in [-0.2, -0.15) is 0 Å². The first kappa shape index (κ1) is 22.0. The number of para-hydroxylation sites is 1. The number of anilines is 1. The molecule has 1 aromatic heterocycles. The van der Waals surface area contributed by atoms with Gasteiger partial charge in [-0.05, 0) is 41.8 Å². The number of hydrogen-bond acceptors (Lipinski definition) is 4. The van der Waals surface area contributed by atoms with Crippen LogP contribution in [0, 0.1) is 0 Å². The minimum Gasteiger partial charge on any atom is -0.311 e. The summed E-state index contributed by atoms with van der Waals surface area (Å²) in [5.74, 6) is 0.975. The van der Waals surface area contributed by atoms with Gasteiger partial charge in [-0.25, -0.2) is 0 Å².